The number of amides is 1. The highest BCUT2D eigenvalue weighted by Crippen LogP contribution is 2.51. The van der Waals surface area contributed by atoms with Gasteiger partial charge in [-0.15, -0.1) is 0 Å². The molecule has 3 saturated heterocycles. The molecule has 54 heavy (non-hydrogen) atoms. The Morgan fingerprint density at radius 1 is 1.09 bits per heavy atom. The lowest BCUT2D eigenvalue weighted by Crippen LogP contribution is -2.41. The molecule has 278 valence electrons. The van der Waals surface area contributed by atoms with E-state index in [0.717, 1.165) is 54.5 Å². The Bertz CT molecular complexity index is 2390. The molecule has 1 N–H and O–H groups in total. The predicted molar refractivity (Wildman–Crippen MR) is 198 cm³/mol. The van der Waals surface area contributed by atoms with Gasteiger partial charge in [0.05, 0.1) is 45.8 Å². The molecule has 3 aliphatic heterocycles. The standard InChI is InChI=1S/C41H35Cl2F4N5O2/c1-20-28-17-33(32-16-26(19-51(32)40(53)21-10-11-21)54-25-7-2-6-24(15-25)41(45,46)47)52(38-23-14-31(38)49-18-23)39(28)29-13-22(5-4-12-48)34(36(44)37(29)50-20)27-8-3-9-30(42)35(27)43/h2-3,6-9,13,15,17,21,23,26,31-32,38,49H,4-5,10-11,14,16,18-19H2,1H3. The van der Waals surface area contributed by atoms with Gasteiger partial charge in [0.2, 0.25) is 5.91 Å². The fourth-order valence-electron chi connectivity index (χ4n) is 9.01. The monoisotopic (exact) mass is 775 g/mol. The van der Waals surface area contributed by atoms with Crippen molar-refractivity contribution in [1.82, 2.24) is 19.8 Å². The number of nitriles is 1. The molecule has 2 bridgehead atoms. The molecule has 5 unspecified atom stereocenters. The summed E-state index contributed by atoms with van der Waals surface area (Å²) in [5, 5.41) is 15.1. The number of fused-ring (bicyclic) bond motifs is 4. The van der Waals surface area contributed by atoms with Crippen LogP contribution < -0.4 is 10.1 Å². The maximum Gasteiger partial charge on any atom is 0.416 e. The highest BCUT2D eigenvalue weighted by molar-refractivity contribution is 6.43. The first kappa shape index (κ1) is 35.3. The second-order valence-electron chi connectivity index (χ2n) is 15.1. The van der Waals surface area contributed by atoms with Gasteiger partial charge >= 0.3 is 6.18 Å². The van der Waals surface area contributed by atoms with E-state index in [-0.39, 0.29) is 70.2 Å². The third-order valence-electron chi connectivity index (χ3n) is 11.7. The average Bonchev–Trinajstić information content (AvgIpc) is 3.42. The van der Waals surface area contributed by atoms with Gasteiger partial charge in [-0.2, -0.15) is 18.4 Å². The maximum atomic E-state index is 17.2. The Balaban J connectivity index is 1.23. The second-order valence-corrected chi connectivity index (χ2v) is 15.8. The molecule has 2 saturated carbocycles. The first-order valence-corrected chi connectivity index (χ1v) is 19.0. The van der Waals surface area contributed by atoms with Gasteiger partial charge in [-0.1, -0.05) is 41.4 Å². The molecule has 1 amide bonds. The van der Waals surface area contributed by atoms with Crippen molar-refractivity contribution < 1.29 is 27.1 Å². The van der Waals surface area contributed by atoms with Gasteiger partial charge in [-0.25, -0.2) is 9.37 Å². The van der Waals surface area contributed by atoms with Gasteiger partial charge in [0.1, 0.15) is 17.4 Å². The van der Waals surface area contributed by atoms with Crippen molar-refractivity contribution in [3.8, 4) is 22.9 Å². The topological polar surface area (TPSA) is 83.2 Å². The van der Waals surface area contributed by atoms with E-state index < -0.39 is 29.7 Å². The van der Waals surface area contributed by atoms with Crippen molar-refractivity contribution in [3.05, 3.63) is 93.0 Å². The molecule has 5 aromatic rings. The Labute approximate surface area is 318 Å². The van der Waals surface area contributed by atoms with E-state index in [0.29, 0.717) is 34.5 Å². The molecule has 0 spiro atoms. The number of pyridine rings is 1. The number of carbonyl (C=O) groups excluding carboxylic acids is 1. The normalized spacial score (nSPS) is 23.6. The van der Waals surface area contributed by atoms with Crippen LogP contribution in [0.2, 0.25) is 10.0 Å². The summed E-state index contributed by atoms with van der Waals surface area (Å²) in [7, 11) is 0. The van der Waals surface area contributed by atoms with Crippen LogP contribution in [0.25, 0.3) is 32.9 Å². The number of hydrogen-bond acceptors (Lipinski definition) is 5. The van der Waals surface area contributed by atoms with Crippen molar-refractivity contribution in [2.24, 2.45) is 11.8 Å². The third kappa shape index (κ3) is 5.80. The fraction of sp³-hybridized carbons (Fsp3) is 0.390. The van der Waals surface area contributed by atoms with Crippen molar-refractivity contribution >= 4 is 50.9 Å². The zero-order valence-electron chi connectivity index (χ0n) is 29.2. The van der Waals surface area contributed by atoms with Gasteiger partial charge in [0.15, 0.2) is 5.82 Å². The van der Waals surface area contributed by atoms with Crippen molar-refractivity contribution in [3.63, 3.8) is 0 Å². The maximum absolute atomic E-state index is 17.2. The molecule has 5 atom stereocenters. The molecule has 7 nitrogen and oxygen atoms in total. The van der Waals surface area contributed by atoms with Gasteiger partial charge in [0.25, 0.3) is 0 Å². The van der Waals surface area contributed by atoms with Gasteiger partial charge in [0, 0.05) is 64.6 Å². The summed E-state index contributed by atoms with van der Waals surface area (Å²) in [6, 6.07) is 15.8. The molecule has 5 heterocycles. The highest BCUT2D eigenvalue weighted by atomic mass is 35.5. The first-order valence-electron chi connectivity index (χ1n) is 18.3. The highest BCUT2D eigenvalue weighted by Gasteiger charge is 2.51. The van der Waals surface area contributed by atoms with Crippen LogP contribution in [0.15, 0.2) is 54.6 Å². The molecule has 10 rings (SSSR count). The quantitative estimate of drug-likeness (QED) is 0.159. The molecule has 13 heteroatoms. The average molecular weight is 777 g/mol. The predicted octanol–water partition coefficient (Wildman–Crippen LogP) is 9.75. The van der Waals surface area contributed by atoms with Crippen LogP contribution >= 0.6 is 23.2 Å². The number of halogens is 6. The van der Waals surface area contributed by atoms with E-state index in [2.05, 4.69) is 22.0 Å². The molecule has 5 fully saturated rings. The number of carbonyl (C=O) groups is 1. The molecule has 2 aromatic heterocycles. The van der Waals surface area contributed by atoms with E-state index in [1.807, 2.05) is 17.9 Å². The Morgan fingerprint density at radius 3 is 2.59 bits per heavy atom. The first-order chi connectivity index (χ1) is 25.9. The van der Waals surface area contributed by atoms with E-state index in [1.54, 1.807) is 18.2 Å². The number of benzene rings is 3. The molecule has 2 aliphatic carbocycles. The van der Waals surface area contributed by atoms with Crippen LogP contribution in [0.5, 0.6) is 5.75 Å². The largest absolute Gasteiger partial charge is 0.488 e. The van der Waals surface area contributed by atoms with Crippen LogP contribution in [0.3, 0.4) is 0 Å². The minimum atomic E-state index is -4.52. The van der Waals surface area contributed by atoms with Crippen LogP contribution in [-0.4, -0.2) is 45.6 Å². The summed E-state index contributed by atoms with van der Waals surface area (Å²) in [5.41, 5.74) is 2.92. The van der Waals surface area contributed by atoms with E-state index in [4.69, 9.17) is 32.9 Å². The number of rotatable bonds is 8. The van der Waals surface area contributed by atoms with Crippen LogP contribution in [0, 0.1) is 35.9 Å². The molecular weight excluding hydrogens is 741 g/mol. The summed E-state index contributed by atoms with van der Waals surface area (Å²) in [5.74, 6) is -0.240. The summed E-state index contributed by atoms with van der Waals surface area (Å²) in [6.45, 7) is 2.90. The summed E-state index contributed by atoms with van der Waals surface area (Å²) < 4.78 is 66.4. The summed E-state index contributed by atoms with van der Waals surface area (Å²) in [4.78, 5) is 20.7. The lowest BCUT2D eigenvalue weighted by Gasteiger charge is -2.39. The van der Waals surface area contributed by atoms with E-state index >= 15 is 4.39 Å². The molecule has 0 radical (unpaired) electrons. The van der Waals surface area contributed by atoms with E-state index in [9.17, 15) is 23.2 Å². The minimum absolute atomic E-state index is 0.00855. The Morgan fingerprint density at radius 2 is 1.89 bits per heavy atom. The fourth-order valence-corrected chi connectivity index (χ4v) is 9.40. The lowest BCUT2D eigenvalue weighted by atomic mass is 9.79. The van der Waals surface area contributed by atoms with E-state index in [1.165, 1.54) is 12.1 Å². The van der Waals surface area contributed by atoms with Crippen LogP contribution in [0.1, 0.15) is 66.7 Å². The lowest BCUT2D eigenvalue weighted by molar-refractivity contribution is -0.137. The Kier molecular flexibility index (Phi) is 8.60. The molecule has 3 aromatic carbocycles. The van der Waals surface area contributed by atoms with Crippen molar-refractivity contribution in [2.75, 3.05) is 13.1 Å². The molecule has 5 aliphatic rings. The number of alkyl halides is 3. The number of hydrogen-bond donors (Lipinski definition) is 1. The Hall–Kier alpha value is -4.37. The van der Waals surface area contributed by atoms with Crippen LogP contribution in [0.4, 0.5) is 17.6 Å². The van der Waals surface area contributed by atoms with Crippen molar-refractivity contribution in [1.29, 1.82) is 5.26 Å². The van der Waals surface area contributed by atoms with Gasteiger partial charge in [-0.05, 0) is 80.5 Å². The minimum Gasteiger partial charge on any atom is -0.488 e. The third-order valence-corrected chi connectivity index (χ3v) is 12.5. The number of ether oxygens (including phenoxy) is 1. The second kappa shape index (κ2) is 13.1. The molecular formula is C41H35Cl2F4N5O2. The number of aryl methyl sites for hydroxylation is 2. The number of nitrogens with zero attached hydrogens (tertiary/aromatic N) is 4. The van der Waals surface area contributed by atoms with Crippen LogP contribution in [-0.2, 0) is 17.4 Å². The number of likely N-dealkylation sites (tertiary alicyclic amines) is 1. The zero-order valence-corrected chi connectivity index (χ0v) is 30.7. The number of nitrogens with one attached hydrogen (secondary N) is 1. The summed E-state index contributed by atoms with van der Waals surface area (Å²) in [6.07, 6.45) is -1.73. The van der Waals surface area contributed by atoms with Crippen molar-refractivity contribution in [2.45, 2.75) is 75.9 Å². The zero-order chi connectivity index (χ0) is 37.6. The number of aromatic nitrogens is 2. The van der Waals surface area contributed by atoms with Gasteiger partial charge in [-0.3, -0.25) is 4.79 Å². The smallest absolute Gasteiger partial charge is 0.416 e. The van der Waals surface area contributed by atoms with Gasteiger partial charge < -0.3 is 19.5 Å². The summed E-state index contributed by atoms with van der Waals surface area (Å²) >= 11 is 13.1. The SMILES string of the molecule is Cc1nc2c(F)c(-c3cccc(Cl)c3Cl)c(CCC#N)cc2c2c1cc(C1CC(Oc3cccc(C(F)(F)F)c3)CN1C(=O)C1CC1)n2C1C2CNC1C2.